The van der Waals surface area contributed by atoms with Crippen LogP contribution in [-0.2, 0) is 0 Å². The zero-order chi connectivity index (χ0) is 8.49. The van der Waals surface area contributed by atoms with Gasteiger partial charge in [-0.25, -0.2) is 0 Å². The summed E-state index contributed by atoms with van der Waals surface area (Å²) in [7, 11) is 0. The highest BCUT2D eigenvalue weighted by Crippen LogP contribution is 1.98. The summed E-state index contributed by atoms with van der Waals surface area (Å²) in [6.45, 7) is 0. The average molecular weight is 160 g/mol. The monoisotopic (exact) mass is 160 g/mol. The van der Waals surface area contributed by atoms with Crippen LogP contribution in [0.3, 0.4) is 0 Å². The highest BCUT2D eigenvalue weighted by atomic mass is 13.8. The summed E-state index contributed by atoms with van der Waals surface area (Å²) in [5.74, 6) is 0. The smallest absolute Gasteiger partial charge is 0.0166 e. The molecule has 0 saturated heterocycles. The van der Waals surface area contributed by atoms with Gasteiger partial charge in [-0.3, -0.25) is 0 Å². The number of hydrogen-bond acceptors (Lipinski definition) is 0. The lowest BCUT2D eigenvalue weighted by atomic mass is 10.2. The summed E-state index contributed by atoms with van der Waals surface area (Å²) in [4.78, 5) is 0. The quantitative estimate of drug-likeness (QED) is 0.473. The van der Waals surface area contributed by atoms with Crippen LogP contribution in [0.15, 0.2) is 48.6 Å². The van der Waals surface area contributed by atoms with Crippen LogP contribution in [0, 0.1) is 0 Å². The Balaban J connectivity index is 2.41. The van der Waals surface area contributed by atoms with E-state index in [1.54, 1.807) is 0 Å². The zero-order valence-electron chi connectivity index (χ0n) is 7.45. The van der Waals surface area contributed by atoms with Gasteiger partial charge in [-0.1, -0.05) is 48.6 Å². The minimum absolute atomic E-state index is 1.06. The topological polar surface area (TPSA) is 0 Å². The second-order valence-electron chi connectivity index (χ2n) is 2.85. The van der Waals surface area contributed by atoms with Crippen LogP contribution in [-0.4, -0.2) is 0 Å². The molecule has 12 heavy (non-hydrogen) atoms. The molecule has 0 fully saturated rings. The molecule has 0 nitrogen and oxygen atoms in total. The van der Waals surface area contributed by atoms with E-state index in [9.17, 15) is 0 Å². The van der Waals surface area contributed by atoms with Crippen molar-refractivity contribution in [1.82, 2.24) is 0 Å². The highest BCUT2D eigenvalue weighted by molar-refractivity contribution is 5.07. The second kappa shape index (κ2) is 6.66. The van der Waals surface area contributed by atoms with Crippen molar-refractivity contribution in [2.45, 2.75) is 25.7 Å². The summed E-state index contributed by atoms with van der Waals surface area (Å²) in [6, 6.07) is 0. The van der Waals surface area contributed by atoms with E-state index in [0.29, 0.717) is 0 Å². The Morgan fingerprint density at radius 3 is 1.50 bits per heavy atom. The standard InChI is InChI=1S/C12H16/c1-2-4-6-8-10-12-11-9-7-5-3-1/h1-4,7-10H,5-6,11-12H2/b3-1+,4-2?,9-7+,10-8+. The molecule has 0 heteroatoms. The molecule has 0 unspecified atom stereocenters. The Hall–Kier alpha value is -1.04. The first-order valence-corrected chi connectivity index (χ1v) is 4.62. The second-order valence-corrected chi connectivity index (χ2v) is 2.85. The summed E-state index contributed by atoms with van der Waals surface area (Å²) in [5.41, 5.74) is 0. The van der Waals surface area contributed by atoms with Crippen LogP contribution in [0.5, 0.6) is 0 Å². The summed E-state index contributed by atoms with van der Waals surface area (Å²) < 4.78 is 0. The maximum atomic E-state index is 2.25. The van der Waals surface area contributed by atoms with E-state index in [0.717, 1.165) is 12.8 Å². The number of hydrogen-bond donors (Lipinski definition) is 0. The van der Waals surface area contributed by atoms with E-state index >= 15 is 0 Å². The van der Waals surface area contributed by atoms with Gasteiger partial charge in [-0.2, -0.15) is 0 Å². The molecule has 0 saturated carbocycles. The maximum absolute atomic E-state index is 2.25. The molecule has 0 aromatic heterocycles. The van der Waals surface area contributed by atoms with Crippen molar-refractivity contribution < 1.29 is 0 Å². The van der Waals surface area contributed by atoms with Crippen molar-refractivity contribution in [1.29, 1.82) is 0 Å². The molecule has 0 bridgehead atoms. The van der Waals surface area contributed by atoms with Gasteiger partial charge in [0.15, 0.2) is 0 Å². The molecule has 0 aliphatic heterocycles. The molecule has 1 aliphatic rings. The fourth-order valence-corrected chi connectivity index (χ4v) is 1.09. The van der Waals surface area contributed by atoms with Crippen molar-refractivity contribution in [2.24, 2.45) is 0 Å². The molecule has 0 atom stereocenters. The highest BCUT2D eigenvalue weighted by Gasteiger charge is 1.77. The van der Waals surface area contributed by atoms with Crippen LogP contribution in [0.25, 0.3) is 0 Å². The number of rotatable bonds is 0. The lowest BCUT2D eigenvalue weighted by Crippen LogP contribution is -1.67. The van der Waals surface area contributed by atoms with Crippen LogP contribution in [0.2, 0.25) is 0 Å². The van der Waals surface area contributed by atoms with Crippen molar-refractivity contribution in [3.05, 3.63) is 48.6 Å². The Labute approximate surface area is 75.0 Å². The molecule has 0 N–H and O–H groups in total. The molecule has 0 radical (unpaired) electrons. The van der Waals surface area contributed by atoms with Crippen LogP contribution in [0.1, 0.15) is 25.7 Å². The summed E-state index contributed by atoms with van der Waals surface area (Å²) >= 11 is 0. The van der Waals surface area contributed by atoms with Gasteiger partial charge in [-0.15, -0.1) is 0 Å². The van der Waals surface area contributed by atoms with Crippen molar-refractivity contribution in [3.8, 4) is 0 Å². The molecule has 0 aromatic rings. The minimum Gasteiger partial charge on any atom is -0.0879 e. The first kappa shape index (κ1) is 9.05. The van der Waals surface area contributed by atoms with Gasteiger partial charge in [0.25, 0.3) is 0 Å². The Morgan fingerprint density at radius 1 is 0.500 bits per heavy atom. The summed E-state index contributed by atoms with van der Waals surface area (Å²) in [6.07, 6.45) is 22.0. The fraction of sp³-hybridized carbons (Fsp3) is 0.333. The van der Waals surface area contributed by atoms with E-state index in [1.807, 2.05) is 0 Å². The van der Waals surface area contributed by atoms with E-state index in [4.69, 9.17) is 0 Å². The van der Waals surface area contributed by atoms with Crippen LogP contribution < -0.4 is 0 Å². The molecule has 0 amide bonds. The van der Waals surface area contributed by atoms with Crippen molar-refractivity contribution in [3.63, 3.8) is 0 Å². The molecular formula is C12H16. The van der Waals surface area contributed by atoms with E-state index in [2.05, 4.69) is 48.6 Å². The molecule has 64 valence electrons. The lowest BCUT2D eigenvalue weighted by molar-refractivity contribution is 1.04. The van der Waals surface area contributed by atoms with E-state index in [1.165, 1.54) is 12.8 Å². The fourth-order valence-electron chi connectivity index (χ4n) is 1.09. The molecule has 0 spiro atoms. The Bertz CT molecular complexity index is 180. The van der Waals surface area contributed by atoms with Gasteiger partial charge in [0, 0.05) is 0 Å². The van der Waals surface area contributed by atoms with Crippen molar-refractivity contribution in [2.75, 3.05) is 0 Å². The van der Waals surface area contributed by atoms with Gasteiger partial charge >= 0.3 is 0 Å². The summed E-state index contributed by atoms with van der Waals surface area (Å²) in [5, 5.41) is 0. The third kappa shape index (κ3) is 4.73. The molecule has 0 aromatic carbocycles. The van der Waals surface area contributed by atoms with Gasteiger partial charge in [0.1, 0.15) is 0 Å². The SMILES string of the molecule is C1=CC/C=C/CC/C=C/C/C=C/1. The Morgan fingerprint density at radius 2 is 1.00 bits per heavy atom. The van der Waals surface area contributed by atoms with Gasteiger partial charge < -0.3 is 0 Å². The third-order valence-electron chi connectivity index (χ3n) is 1.76. The molecule has 1 aliphatic carbocycles. The predicted octanol–water partition coefficient (Wildman–Crippen LogP) is 3.79. The first-order valence-electron chi connectivity index (χ1n) is 4.62. The largest absolute Gasteiger partial charge is 0.0879 e. The van der Waals surface area contributed by atoms with E-state index < -0.39 is 0 Å². The van der Waals surface area contributed by atoms with Crippen LogP contribution >= 0.6 is 0 Å². The van der Waals surface area contributed by atoms with E-state index in [-0.39, 0.29) is 0 Å². The normalized spacial score (nSPS) is 26.7. The number of allylic oxidation sites excluding steroid dienone is 8. The van der Waals surface area contributed by atoms with Crippen molar-refractivity contribution >= 4 is 0 Å². The predicted molar refractivity (Wildman–Crippen MR) is 55.0 cm³/mol. The molecule has 1 rings (SSSR count). The third-order valence-corrected chi connectivity index (χ3v) is 1.76. The zero-order valence-corrected chi connectivity index (χ0v) is 7.45. The van der Waals surface area contributed by atoms with Crippen LogP contribution in [0.4, 0.5) is 0 Å². The van der Waals surface area contributed by atoms with Gasteiger partial charge in [0.2, 0.25) is 0 Å². The first-order chi connectivity index (χ1) is 6.00. The molecule has 0 heterocycles. The van der Waals surface area contributed by atoms with Gasteiger partial charge in [-0.05, 0) is 25.7 Å². The Kier molecular flexibility index (Phi) is 5.02. The lowest BCUT2D eigenvalue weighted by Gasteiger charge is -1.88. The van der Waals surface area contributed by atoms with Gasteiger partial charge in [0.05, 0.1) is 0 Å². The maximum Gasteiger partial charge on any atom is -0.0166 e. The average Bonchev–Trinajstić information content (AvgIpc) is 2.05. The minimum atomic E-state index is 1.06. The molecular weight excluding hydrogens is 144 g/mol.